The maximum atomic E-state index is 14.0. The second kappa shape index (κ2) is 8.29. The fraction of sp³-hybridized carbons (Fsp3) is 0.263. The zero-order chi connectivity index (χ0) is 19.6. The normalized spacial score (nSPS) is 11.3. The molecule has 1 amide bonds. The lowest BCUT2D eigenvalue weighted by molar-refractivity contribution is 0.0986. The summed E-state index contributed by atoms with van der Waals surface area (Å²) in [6.45, 7) is 1.15. The minimum atomic E-state index is -0.745. The molecule has 0 saturated carbocycles. The fourth-order valence-corrected chi connectivity index (χ4v) is 3.92. The molecule has 4 nitrogen and oxygen atoms in total. The Bertz CT molecular complexity index is 977. The van der Waals surface area contributed by atoms with Crippen molar-refractivity contribution in [3.05, 3.63) is 58.6 Å². The zero-order valence-corrected chi connectivity index (χ0v) is 16.4. The Morgan fingerprint density at radius 3 is 2.63 bits per heavy atom. The summed E-state index contributed by atoms with van der Waals surface area (Å²) >= 11 is 7.26. The van der Waals surface area contributed by atoms with Crippen LogP contribution in [0.1, 0.15) is 16.8 Å². The molecule has 0 unspecified atom stereocenters. The summed E-state index contributed by atoms with van der Waals surface area (Å²) in [6.07, 6.45) is 0.690. The molecule has 8 heteroatoms. The molecular weight excluding hydrogens is 392 g/mol. The molecule has 0 aliphatic carbocycles. The number of amides is 1. The third-order valence-corrected chi connectivity index (χ3v) is 5.32. The number of aromatic nitrogens is 1. The molecule has 0 aliphatic heterocycles. The van der Waals surface area contributed by atoms with Gasteiger partial charge in [-0.3, -0.25) is 9.69 Å². The van der Waals surface area contributed by atoms with Crippen LogP contribution in [0.4, 0.5) is 13.9 Å². The highest BCUT2D eigenvalue weighted by atomic mass is 35.5. The number of anilines is 1. The molecule has 0 saturated heterocycles. The van der Waals surface area contributed by atoms with Gasteiger partial charge in [0, 0.05) is 12.6 Å². The number of hydrogen-bond acceptors (Lipinski definition) is 4. The average Bonchev–Trinajstić information content (AvgIpc) is 3.02. The molecule has 0 atom stereocenters. The van der Waals surface area contributed by atoms with Crippen molar-refractivity contribution in [1.82, 2.24) is 9.88 Å². The van der Waals surface area contributed by atoms with Gasteiger partial charge in [-0.1, -0.05) is 35.1 Å². The lowest BCUT2D eigenvalue weighted by Gasteiger charge is -2.21. The lowest BCUT2D eigenvalue weighted by Crippen LogP contribution is -2.33. The van der Waals surface area contributed by atoms with Gasteiger partial charge in [0.2, 0.25) is 0 Å². The molecule has 0 spiro atoms. The molecule has 1 heterocycles. The summed E-state index contributed by atoms with van der Waals surface area (Å²) in [5, 5.41) is 0.650. The van der Waals surface area contributed by atoms with E-state index in [0.717, 1.165) is 23.9 Å². The van der Waals surface area contributed by atoms with Crippen molar-refractivity contribution in [2.75, 3.05) is 32.1 Å². The molecule has 2 aromatic carbocycles. The first-order valence-corrected chi connectivity index (χ1v) is 9.53. The van der Waals surface area contributed by atoms with E-state index < -0.39 is 11.6 Å². The first-order chi connectivity index (χ1) is 12.9. The number of rotatable bonds is 6. The minimum absolute atomic E-state index is 0.0565. The highest BCUT2D eigenvalue weighted by Gasteiger charge is 2.23. The number of nitrogens with zero attached hydrogens (tertiary/aromatic N) is 3. The first-order valence-electron chi connectivity index (χ1n) is 8.33. The van der Waals surface area contributed by atoms with Crippen molar-refractivity contribution in [3.8, 4) is 0 Å². The van der Waals surface area contributed by atoms with Crippen LogP contribution in [0.25, 0.3) is 10.2 Å². The average molecular weight is 410 g/mol. The predicted molar refractivity (Wildman–Crippen MR) is 106 cm³/mol. The van der Waals surface area contributed by atoms with Crippen LogP contribution in [0.5, 0.6) is 0 Å². The largest absolute Gasteiger partial charge is 0.309 e. The molecular formula is C19H18ClF2N3OS. The van der Waals surface area contributed by atoms with Gasteiger partial charge < -0.3 is 4.90 Å². The standard InChI is InChI=1S/C19H18ClF2N3OS/c1-24(2)8-5-9-25(18(26)13-6-3-4-7-14(13)20)19-23-17-15(22)10-12(21)11-16(17)27-19/h3-4,6-7,10-11H,5,8-9H2,1-2H3. The van der Waals surface area contributed by atoms with E-state index in [1.165, 1.54) is 11.0 Å². The maximum Gasteiger partial charge on any atom is 0.261 e. The van der Waals surface area contributed by atoms with Crippen LogP contribution in [-0.2, 0) is 0 Å². The molecule has 1 aromatic heterocycles. The van der Waals surface area contributed by atoms with Crippen LogP contribution in [0, 0.1) is 11.6 Å². The fourth-order valence-electron chi connectivity index (χ4n) is 2.67. The van der Waals surface area contributed by atoms with Crippen LogP contribution >= 0.6 is 22.9 Å². The lowest BCUT2D eigenvalue weighted by atomic mass is 10.2. The van der Waals surface area contributed by atoms with Gasteiger partial charge in [-0.25, -0.2) is 13.8 Å². The Balaban J connectivity index is 2.00. The van der Waals surface area contributed by atoms with E-state index in [1.807, 2.05) is 19.0 Å². The van der Waals surface area contributed by atoms with E-state index in [4.69, 9.17) is 11.6 Å². The molecule has 27 heavy (non-hydrogen) atoms. The number of thiazole rings is 1. The number of carbonyl (C=O) groups is 1. The van der Waals surface area contributed by atoms with Gasteiger partial charge in [0.25, 0.3) is 5.91 Å². The van der Waals surface area contributed by atoms with E-state index in [9.17, 15) is 13.6 Å². The second-order valence-corrected chi connectivity index (χ2v) is 7.74. The van der Waals surface area contributed by atoms with E-state index >= 15 is 0 Å². The van der Waals surface area contributed by atoms with Gasteiger partial charge in [0.05, 0.1) is 15.3 Å². The zero-order valence-electron chi connectivity index (χ0n) is 14.9. The second-order valence-electron chi connectivity index (χ2n) is 6.32. The van der Waals surface area contributed by atoms with Crippen LogP contribution in [0.3, 0.4) is 0 Å². The summed E-state index contributed by atoms with van der Waals surface area (Å²) in [6, 6.07) is 8.75. The summed E-state index contributed by atoms with van der Waals surface area (Å²) in [4.78, 5) is 20.8. The highest BCUT2D eigenvalue weighted by Crippen LogP contribution is 2.32. The van der Waals surface area contributed by atoms with Gasteiger partial charge in [-0.05, 0) is 45.3 Å². The third-order valence-electron chi connectivity index (χ3n) is 3.97. The van der Waals surface area contributed by atoms with Crippen LogP contribution in [0.2, 0.25) is 5.02 Å². The number of carbonyl (C=O) groups excluding carboxylic acids is 1. The van der Waals surface area contributed by atoms with E-state index in [1.54, 1.807) is 24.3 Å². The molecule has 0 fully saturated rings. The Labute approximate surface area is 165 Å². The Morgan fingerprint density at radius 1 is 1.19 bits per heavy atom. The molecule has 0 aliphatic rings. The van der Waals surface area contributed by atoms with Crippen molar-refractivity contribution < 1.29 is 13.6 Å². The molecule has 3 aromatic rings. The maximum absolute atomic E-state index is 14.0. The number of halogens is 3. The molecule has 0 bridgehead atoms. The van der Waals surface area contributed by atoms with Gasteiger partial charge in [-0.2, -0.15) is 0 Å². The van der Waals surface area contributed by atoms with E-state index in [2.05, 4.69) is 4.98 Å². The van der Waals surface area contributed by atoms with E-state index in [0.29, 0.717) is 33.4 Å². The van der Waals surface area contributed by atoms with Crippen LogP contribution in [-0.4, -0.2) is 43.0 Å². The first kappa shape index (κ1) is 19.7. The van der Waals surface area contributed by atoms with Crippen molar-refractivity contribution >= 4 is 44.2 Å². The highest BCUT2D eigenvalue weighted by molar-refractivity contribution is 7.22. The van der Waals surface area contributed by atoms with Gasteiger partial charge in [0.1, 0.15) is 11.3 Å². The Hall–Kier alpha value is -2.09. The monoisotopic (exact) mass is 409 g/mol. The van der Waals surface area contributed by atoms with Crippen molar-refractivity contribution in [3.63, 3.8) is 0 Å². The summed E-state index contributed by atoms with van der Waals surface area (Å²) < 4.78 is 27.9. The van der Waals surface area contributed by atoms with Crippen molar-refractivity contribution in [1.29, 1.82) is 0 Å². The molecule has 142 valence electrons. The SMILES string of the molecule is CN(C)CCCN(C(=O)c1ccccc1Cl)c1nc2c(F)cc(F)cc2s1. The number of hydrogen-bond donors (Lipinski definition) is 0. The summed E-state index contributed by atoms with van der Waals surface area (Å²) in [7, 11) is 3.88. The Kier molecular flexibility index (Phi) is 6.04. The van der Waals surface area contributed by atoms with Crippen molar-refractivity contribution in [2.45, 2.75) is 6.42 Å². The third kappa shape index (κ3) is 4.43. The molecule has 0 radical (unpaired) electrons. The van der Waals surface area contributed by atoms with Gasteiger partial charge >= 0.3 is 0 Å². The van der Waals surface area contributed by atoms with Crippen LogP contribution < -0.4 is 4.90 Å². The number of benzene rings is 2. The van der Waals surface area contributed by atoms with Gasteiger partial charge in [0.15, 0.2) is 10.9 Å². The Morgan fingerprint density at radius 2 is 1.93 bits per heavy atom. The van der Waals surface area contributed by atoms with E-state index in [-0.39, 0.29) is 11.4 Å². The summed E-state index contributed by atoms with van der Waals surface area (Å²) in [5.74, 6) is -1.74. The minimum Gasteiger partial charge on any atom is -0.309 e. The topological polar surface area (TPSA) is 36.4 Å². The smallest absolute Gasteiger partial charge is 0.261 e. The summed E-state index contributed by atoms with van der Waals surface area (Å²) in [5.41, 5.74) is 0.399. The number of fused-ring (bicyclic) bond motifs is 1. The quantitative estimate of drug-likeness (QED) is 0.585. The van der Waals surface area contributed by atoms with Gasteiger partial charge in [-0.15, -0.1) is 0 Å². The molecule has 0 N–H and O–H groups in total. The van der Waals surface area contributed by atoms with Crippen LogP contribution in [0.15, 0.2) is 36.4 Å². The predicted octanol–water partition coefficient (Wildman–Crippen LogP) is 4.83. The molecule has 3 rings (SSSR count). The van der Waals surface area contributed by atoms with Crippen molar-refractivity contribution in [2.24, 2.45) is 0 Å².